The number of hydrogen-bond acceptors (Lipinski definition) is 3. The summed E-state index contributed by atoms with van der Waals surface area (Å²) < 4.78 is 5.92. The number of ether oxygens (including phenoxy) is 1. The van der Waals surface area contributed by atoms with Crippen LogP contribution in [0.1, 0.15) is 37.9 Å². The lowest BCUT2D eigenvalue weighted by atomic mass is 10.0. The molecule has 0 fully saturated rings. The summed E-state index contributed by atoms with van der Waals surface area (Å²) in [5, 5.41) is 0. The number of nitrogens with zero attached hydrogens (tertiary/aromatic N) is 1. The molecule has 4 nitrogen and oxygen atoms in total. The van der Waals surface area contributed by atoms with Crippen molar-refractivity contribution in [2.24, 2.45) is 5.73 Å². The fourth-order valence-electron chi connectivity index (χ4n) is 2.98. The van der Waals surface area contributed by atoms with Gasteiger partial charge in [-0.15, -0.1) is 0 Å². The van der Waals surface area contributed by atoms with Crippen LogP contribution in [0.4, 0.5) is 5.69 Å². The predicted molar refractivity (Wildman–Crippen MR) is 96.3 cm³/mol. The third-order valence-electron chi connectivity index (χ3n) is 4.39. The molecule has 0 saturated heterocycles. The molecule has 0 saturated carbocycles. The van der Waals surface area contributed by atoms with Gasteiger partial charge in [0.15, 0.2) is 5.60 Å². The number of benzene rings is 2. The summed E-state index contributed by atoms with van der Waals surface area (Å²) in [4.78, 5) is 14.7. The minimum absolute atomic E-state index is 0.0206. The van der Waals surface area contributed by atoms with Gasteiger partial charge in [0.05, 0.1) is 5.69 Å². The molecule has 126 valence electrons. The van der Waals surface area contributed by atoms with E-state index in [4.69, 9.17) is 10.5 Å². The minimum Gasteiger partial charge on any atom is -0.476 e. The molecule has 1 aliphatic rings. The largest absolute Gasteiger partial charge is 0.476 e. The summed E-state index contributed by atoms with van der Waals surface area (Å²) >= 11 is 0. The molecule has 1 aliphatic heterocycles. The Labute approximate surface area is 143 Å². The Morgan fingerprint density at radius 1 is 1.17 bits per heavy atom. The molecule has 2 aromatic carbocycles. The van der Waals surface area contributed by atoms with E-state index in [1.54, 1.807) is 0 Å². The molecule has 0 spiro atoms. The zero-order valence-corrected chi connectivity index (χ0v) is 14.5. The highest BCUT2D eigenvalue weighted by atomic mass is 16.5. The zero-order valence-electron chi connectivity index (χ0n) is 14.5. The van der Waals surface area contributed by atoms with E-state index in [1.807, 2.05) is 62.1 Å². The van der Waals surface area contributed by atoms with Gasteiger partial charge >= 0.3 is 0 Å². The van der Waals surface area contributed by atoms with E-state index in [9.17, 15) is 4.79 Å². The van der Waals surface area contributed by atoms with Gasteiger partial charge in [-0.3, -0.25) is 4.79 Å². The van der Waals surface area contributed by atoms with Gasteiger partial charge in [-0.25, -0.2) is 0 Å². The number of nitrogens with two attached hydrogens (primary N) is 1. The molecule has 1 heterocycles. The van der Waals surface area contributed by atoms with E-state index in [0.29, 0.717) is 6.54 Å². The molecular weight excluding hydrogens is 300 g/mol. The molecule has 3 rings (SSSR count). The molecule has 1 unspecified atom stereocenters. The lowest BCUT2D eigenvalue weighted by molar-refractivity contribution is -0.132. The van der Waals surface area contributed by atoms with Crippen molar-refractivity contribution in [3.05, 3.63) is 59.7 Å². The molecule has 1 amide bonds. The SMILES string of the molecule is CC(N)c1ccc2c(c1)N(CCc1ccccc1)C(=O)C(C)(C)O2. The summed E-state index contributed by atoms with van der Waals surface area (Å²) in [7, 11) is 0. The molecule has 0 aliphatic carbocycles. The van der Waals surface area contributed by atoms with E-state index >= 15 is 0 Å². The summed E-state index contributed by atoms with van der Waals surface area (Å²) in [6.45, 7) is 6.18. The highest BCUT2D eigenvalue weighted by molar-refractivity contribution is 6.02. The topological polar surface area (TPSA) is 55.6 Å². The average molecular weight is 324 g/mol. The van der Waals surface area contributed by atoms with Gasteiger partial charge in [0.1, 0.15) is 5.75 Å². The van der Waals surface area contributed by atoms with Gasteiger partial charge in [0.2, 0.25) is 0 Å². The lowest BCUT2D eigenvalue weighted by Crippen LogP contribution is -2.53. The smallest absolute Gasteiger partial charge is 0.270 e. The van der Waals surface area contributed by atoms with Crippen LogP contribution in [0.25, 0.3) is 0 Å². The number of fused-ring (bicyclic) bond motifs is 1. The number of carbonyl (C=O) groups is 1. The first-order valence-electron chi connectivity index (χ1n) is 8.33. The van der Waals surface area contributed by atoms with Gasteiger partial charge in [0.25, 0.3) is 5.91 Å². The van der Waals surface area contributed by atoms with Crippen molar-refractivity contribution in [3.63, 3.8) is 0 Å². The zero-order chi connectivity index (χ0) is 17.3. The Morgan fingerprint density at radius 3 is 2.54 bits per heavy atom. The van der Waals surface area contributed by atoms with Crippen molar-refractivity contribution >= 4 is 11.6 Å². The Morgan fingerprint density at radius 2 is 1.88 bits per heavy atom. The number of hydrogen-bond donors (Lipinski definition) is 1. The lowest BCUT2D eigenvalue weighted by Gasteiger charge is -2.39. The molecule has 2 aromatic rings. The molecule has 2 N–H and O–H groups in total. The maximum Gasteiger partial charge on any atom is 0.270 e. The van der Waals surface area contributed by atoms with E-state index in [0.717, 1.165) is 23.4 Å². The quantitative estimate of drug-likeness (QED) is 0.937. The summed E-state index contributed by atoms with van der Waals surface area (Å²) in [5.74, 6) is 0.713. The highest BCUT2D eigenvalue weighted by Crippen LogP contribution is 2.39. The minimum atomic E-state index is -0.862. The molecule has 0 radical (unpaired) electrons. The number of rotatable bonds is 4. The van der Waals surface area contributed by atoms with Gasteiger partial charge < -0.3 is 15.4 Å². The second-order valence-corrected chi connectivity index (χ2v) is 6.82. The molecular formula is C20H24N2O2. The summed E-state index contributed by atoms with van der Waals surface area (Å²) in [5.41, 5.74) is 8.15. The van der Waals surface area contributed by atoms with Gasteiger partial charge in [0, 0.05) is 12.6 Å². The average Bonchev–Trinajstić information content (AvgIpc) is 2.55. The fourth-order valence-corrected chi connectivity index (χ4v) is 2.98. The van der Waals surface area contributed by atoms with Crippen LogP contribution >= 0.6 is 0 Å². The fraction of sp³-hybridized carbons (Fsp3) is 0.350. The third-order valence-corrected chi connectivity index (χ3v) is 4.39. The van der Waals surface area contributed by atoms with Crippen LogP contribution in [0, 0.1) is 0 Å². The Kier molecular flexibility index (Phi) is 4.33. The summed E-state index contributed by atoms with van der Waals surface area (Å²) in [6, 6.07) is 15.9. The van der Waals surface area contributed by atoms with Crippen LogP contribution in [0.2, 0.25) is 0 Å². The predicted octanol–water partition coefficient (Wildman–Crippen LogP) is 3.45. The summed E-state index contributed by atoms with van der Waals surface area (Å²) in [6.07, 6.45) is 0.796. The van der Waals surface area contributed by atoms with Crippen molar-refractivity contribution in [3.8, 4) is 5.75 Å². The van der Waals surface area contributed by atoms with Crippen LogP contribution in [0.5, 0.6) is 5.75 Å². The highest BCUT2D eigenvalue weighted by Gasteiger charge is 2.40. The number of carbonyl (C=O) groups excluding carboxylic acids is 1. The van der Waals surface area contributed by atoms with E-state index < -0.39 is 5.60 Å². The van der Waals surface area contributed by atoms with Gasteiger partial charge in [-0.1, -0.05) is 36.4 Å². The molecule has 0 bridgehead atoms. The molecule has 24 heavy (non-hydrogen) atoms. The maximum absolute atomic E-state index is 12.9. The van der Waals surface area contributed by atoms with Gasteiger partial charge in [-0.2, -0.15) is 0 Å². The van der Waals surface area contributed by atoms with Crippen LogP contribution in [-0.4, -0.2) is 18.1 Å². The van der Waals surface area contributed by atoms with Crippen LogP contribution in [0.3, 0.4) is 0 Å². The first-order valence-corrected chi connectivity index (χ1v) is 8.33. The number of anilines is 1. The van der Waals surface area contributed by atoms with Crippen LogP contribution < -0.4 is 15.4 Å². The first-order chi connectivity index (χ1) is 11.4. The maximum atomic E-state index is 12.9. The standard InChI is InChI=1S/C20H24N2O2/c1-14(21)16-9-10-18-17(13-16)22(19(23)20(2,3)24-18)12-11-15-7-5-4-6-8-15/h4-10,13-14H,11-12,21H2,1-3H3. The normalized spacial score (nSPS) is 17.2. The van der Waals surface area contributed by atoms with Crippen LogP contribution in [-0.2, 0) is 11.2 Å². The Balaban J connectivity index is 1.94. The second-order valence-electron chi connectivity index (χ2n) is 6.82. The van der Waals surface area contributed by atoms with Gasteiger partial charge in [-0.05, 0) is 50.5 Å². The van der Waals surface area contributed by atoms with E-state index in [-0.39, 0.29) is 11.9 Å². The van der Waals surface area contributed by atoms with Crippen molar-refractivity contribution < 1.29 is 9.53 Å². The Bertz CT molecular complexity index is 739. The Hall–Kier alpha value is -2.33. The van der Waals surface area contributed by atoms with Crippen molar-refractivity contribution in [2.45, 2.75) is 38.8 Å². The molecule has 0 aromatic heterocycles. The first kappa shape index (κ1) is 16.5. The van der Waals surface area contributed by atoms with E-state index in [2.05, 4.69) is 12.1 Å². The number of amides is 1. The van der Waals surface area contributed by atoms with Crippen molar-refractivity contribution in [1.29, 1.82) is 0 Å². The second kappa shape index (κ2) is 6.29. The molecule has 4 heteroatoms. The van der Waals surface area contributed by atoms with Crippen molar-refractivity contribution in [2.75, 3.05) is 11.4 Å². The molecule has 1 atom stereocenters. The van der Waals surface area contributed by atoms with Crippen LogP contribution in [0.15, 0.2) is 48.5 Å². The monoisotopic (exact) mass is 324 g/mol. The van der Waals surface area contributed by atoms with Crippen molar-refractivity contribution in [1.82, 2.24) is 0 Å². The third kappa shape index (κ3) is 3.15. The van der Waals surface area contributed by atoms with E-state index in [1.165, 1.54) is 5.56 Å².